The highest BCUT2D eigenvalue weighted by Gasteiger charge is 2.11. The average Bonchev–Trinajstić information content (AvgIpc) is 2.37. The summed E-state index contributed by atoms with van der Waals surface area (Å²) >= 11 is 3.09. The van der Waals surface area contributed by atoms with Crippen LogP contribution in [-0.4, -0.2) is 0 Å². The standard InChI is InChI=1S/C14H11BrF3N/c15-10-5-8(1-3-11(10)16)6-14(19)9-2-4-12(17)13(18)7-9/h1-5,7,14H,6,19H2. The van der Waals surface area contributed by atoms with Crippen LogP contribution >= 0.6 is 15.9 Å². The van der Waals surface area contributed by atoms with E-state index in [0.717, 1.165) is 17.7 Å². The minimum absolute atomic E-state index is 0.350. The molecule has 0 saturated heterocycles. The number of benzene rings is 2. The van der Waals surface area contributed by atoms with Crippen molar-refractivity contribution < 1.29 is 13.2 Å². The molecule has 100 valence electrons. The van der Waals surface area contributed by atoms with Crippen LogP contribution < -0.4 is 5.73 Å². The molecule has 1 atom stereocenters. The van der Waals surface area contributed by atoms with E-state index in [1.807, 2.05) is 0 Å². The summed E-state index contributed by atoms with van der Waals surface area (Å²) in [6.07, 6.45) is 0.407. The first-order valence-electron chi connectivity index (χ1n) is 5.62. The molecule has 2 N–H and O–H groups in total. The molecular formula is C14H11BrF3N. The summed E-state index contributed by atoms with van der Waals surface area (Å²) in [5.41, 5.74) is 7.25. The van der Waals surface area contributed by atoms with Gasteiger partial charge in [-0.05, 0) is 57.7 Å². The van der Waals surface area contributed by atoms with Gasteiger partial charge >= 0.3 is 0 Å². The fraction of sp³-hybridized carbons (Fsp3) is 0.143. The second kappa shape index (κ2) is 5.75. The Labute approximate surface area is 117 Å². The van der Waals surface area contributed by atoms with Crippen molar-refractivity contribution in [1.29, 1.82) is 0 Å². The number of rotatable bonds is 3. The summed E-state index contributed by atoms with van der Waals surface area (Å²) in [4.78, 5) is 0. The molecule has 2 aromatic carbocycles. The summed E-state index contributed by atoms with van der Waals surface area (Å²) in [6.45, 7) is 0. The molecule has 0 bridgehead atoms. The number of hydrogen-bond acceptors (Lipinski definition) is 1. The Hall–Kier alpha value is -1.33. The first-order chi connectivity index (χ1) is 8.97. The molecule has 0 aliphatic rings. The predicted octanol–water partition coefficient (Wildman–Crippen LogP) is 4.11. The second-order valence-electron chi connectivity index (χ2n) is 4.23. The van der Waals surface area contributed by atoms with Crippen LogP contribution in [0.2, 0.25) is 0 Å². The predicted molar refractivity (Wildman–Crippen MR) is 71.1 cm³/mol. The van der Waals surface area contributed by atoms with Crippen molar-refractivity contribution in [1.82, 2.24) is 0 Å². The van der Waals surface area contributed by atoms with Crippen LogP contribution in [0.4, 0.5) is 13.2 Å². The van der Waals surface area contributed by atoms with Crippen LogP contribution in [0.3, 0.4) is 0 Å². The first-order valence-corrected chi connectivity index (χ1v) is 6.41. The van der Waals surface area contributed by atoms with Gasteiger partial charge < -0.3 is 5.73 Å². The summed E-state index contributed by atoms with van der Waals surface area (Å²) in [5, 5.41) is 0. The monoisotopic (exact) mass is 329 g/mol. The third-order valence-electron chi connectivity index (χ3n) is 2.81. The molecule has 0 amide bonds. The Morgan fingerprint density at radius 1 is 0.947 bits per heavy atom. The molecular weight excluding hydrogens is 319 g/mol. The van der Waals surface area contributed by atoms with Crippen LogP contribution in [0.25, 0.3) is 0 Å². The van der Waals surface area contributed by atoms with E-state index in [-0.39, 0.29) is 5.82 Å². The van der Waals surface area contributed by atoms with Crippen LogP contribution in [0.15, 0.2) is 40.9 Å². The highest BCUT2D eigenvalue weighted by Crippen LogP contribution is 2.22. The van der Waals surface area contributed by atoms with E-state index in [2.05, 4.69) is 15.9 Å². The van der Waals surface area contributed by atoms with Gasteiger partial charge in [0.25, 0.3) is 0 Å². The molecule has 1 unspecified atom stereocenters. The minimum atomic E-state index is -0.923. The van der Waals surface area contributed by atoms with Crippen molar-refractivity contribution in [2.24, 2.45) is 5.73 Å². The van der Waals surface area contributed by atoms with Crippen molar-refractivity contribution in [3.63, 3.8) is 0 Å². The molecule has 0 aliphatic carbocycles. The molecule has 2 rings (SSSR count). The van der Waals surface area contributed by atoms with E-state index in [9.17, 15) is 13.2 Å². The van der Waals surface area contributed by atoms with Gasteiger partial charge in [0, 0.05) is 6.04 Å². The zero-order valence-corrected chi connectivity index (χ0v) is 11.4. The molecule has 0 spiro atoms. The van der Waals surface area contributed by atoms with Gasteiger partial charge in [0.2, 0.25) is 0 Å². The Balaban J connectivity index is 2.17. The first kappa shape index (κ1) is 14.1. The minimum Gasteiger partial charge on any atom is -0.324 e. The lowest BCUT2D eigenvalue weighted by molar-refractivity contribution is 0.505. The molecule has 19 heavy (non-hydrogen) atoms. The fourth-order valence-corrected chi connectivity index (χ4v) is 2.21. The van der Waals surface area contributed by atoms with Crippen molar-refractivity contribution in [3.8, 4) is 0 Å². The fourth-order valence-electron chi connectivity index (χ4n) is 1.78. The Morgan fingerprint density at radius 3 is 2.26 bits per heavy atom. The maximum Gasteiger partial charge on any atom is 0.159 e. The molecule has 0 aromatic heterocycles. The molecule has 0 heterocycles. The van der Waals surface area contributed by atoms with Crippen molar-refractivity contribution >= 4 is 15.9 Å². The maximum atomic E-state index is 13.1. The topological polar surface area (TPSA) is 26.0 Å². The van der Waals surface area contributed by atoms with Crippen LogP contribution in [-0.2, 0) is 6.42 Å². The van der Waals surface area contributed by atoms with E-state index < -0.39 is 17.7 Å². The normalized spacial score (nSPS) is 12.5. The number of hydrogen-bond donors (Lipinski definition) is 1. The van der Waals surface area contributed by atoms with Gasteiger partial charge in [0.05, 0.1) is 4.47 Å². The molecule has 0 saturated carbocycles. The Kier molecular flexibility index (Phi) is 4.27. The Bertz CT molecular complexity index is 601. The third kappa shape index (κ3) is 3.36. The van der Waals surface area contributed by atoms with Gasteiger partial charge in [-0.3, -0.25) is 0 Å². The maximum absolute atomic E-state index is 13.1. The van der Waals surface area contributed by atoms with E-state index >= 15 is 0 Å². The lowest BCUT2D eigenvalue weighted by atomic mass is 9.99. The zero-order chi connectivity index (χ0) is 14.0. The lowest BCUT2D eigenvalue weighted by Crippen LogP contribution is -2.14. The van der Waals surface area contributed by atoms with Gasteiger partial charge in [-0.25, -0.2) is 13.2 Å². The van der Waals surface area contributed by atoms with Crippen LogP contribution in [0.5, 0.6) is 0 Å². The van der Waals surface area contributed by atoms with Crippen molar-refractivity contribution in [2.45, 2.75) is 12.5 Å². The largest absolute Gasteiger partial charge is 0.324 e. The van der Waals surface area contributed by atoms with Gasteiger partial charge in [0.15, 0.2) is 11.6 Å². The molecule has 0 aliphatic heterocycles. The lowest BCUT2D eigenvalue weighted by Gasteiger charge is -2.13. The van der Waals surface area contributed by atoms with Gasteiger partial charge in [-0.15, -0.1) is 0 Å². The van der Waals surface area contributed by atoms with E-state index in [1.54, 1.807) is 12.1 Å². The van der Waals surface area contributed by atoms with Crippen LogP contribution in [0, 0.1) is 17.5 Å². The van der Waals surface area contributed by atoms with E-state index in [0.29, 0.717) is 16.5 Å². The molecule has 1 nitrogen and oxygen atoms in total. The average molecular weight is 330 g/mol. The number of halogens is 4. The summed E-state index contributed by atoms with van der Waals surface area (Å²) in [5.74, 6) is -2.18. The third-order valence-corrected chi connectivity index (χ3v) is 3.42. The van der Waals surface area contributed by atoms with Crippen molar-refractivity contribution in [3.05, 3.63) is 69.4 Å². The zero-order valence-electron chi connectivity index (χ0n) is 9.84. The molecule has 5 heteroatoms. The van der Waals surface area contributed by atoms with E-state index in [1.165, 1.54) is 12.1 Å². The SMILES string of the molecule is NC(Cc1ccc(F)c(Br)c1)c1ccc(F)c(F)c1. The van der Waals surface area contributed by atoms with Gasteiger partial charge in [-0.2, -0.15) is 0 Å². The Morgan fingerprint density at radius 2 is 1.63 bits per heavy atom. The van der Waals surface area contributed by atoms with E-state index in [4.69, 9.17) is 5.73 Å². The molecule has 0 radical (unpaired) electrons. The molecule has 2 aromatic rings. The van der Waals surface area contributed by atoms with Crippen molar-refractivity contribution in [2.75, 3.05) is 0 Å². The second-order valence-corrected chi connectivity index (χ2v) is 5.09. The highest BCUT2D eigenvalue weighted by molar-refractivity contribution is 9.10. The van der Waals surface area contributed by atoms with Gasteiger partial charge in [-0.1, -0.05) is 12.1 Å². The van der Waals surface area contributed by atoms with Gasteiger partial charge in [0.1, 0.15) is 5.82 Å². The summed E-state index contributed by atoms with van der Waals surface area (Å²) < 4.78 is 39.4. The summed E-state index contributed by atoms with van der Waals surface area (Å²) in [7, 11) is 0. The molecule has 0 fully saturated rings. The summed E-state index contributed by atoms with van der Waals surface area (Å²) in [6, 6.07) is 7.66. The quantitative estimate of drug-likeness (QED) is 0.901. The number of nitrogens with two attached hydrogens (primary N) is 1. The smallest absolute Gasteiger partial charge is 0.159 e. The van der Waals surface area contributed by atoms with Crippen LogP contribution in [0.1, 0.15) is 17.2 Å². The highest BCUT2D eigenvalue weighted by atomic mass is 79.9.